The first-order valence-electron chi connectivity index (χ1n) is 6.52. The Balaban J connectivity index is 1.89. The highest BCUT2D eigenvalue weighted by Crippen LogP contribution is 2.25. The van der Waals surface area contributed by atoms with E-state index in [2.05, 4.69) is 31.3 Å². The average Bonchev–Trinajstić information content (AvgIpc) is 2.96. The summed E-state index contributed by atoms with van der Waals surface area (Å²) in [6.45, 7) is 0.458. The molecule has 1 aromatic heterocycles. The van der Waals surface area contributed by atoms with Crippen molar-refractivity contribution in [2.45, 2.75) is 6.54 Å². The first-order chi connectivity index (χ1) is 10.7. The highest BCUT2D eigenvalue weighted by molar-refractivity contribution is 9.10. The molecule has 0 saturated heterocycles. The second kappa shape index (κ2) is 6.46. The number of hydrogen-bond acceptors (Lipinski definition) is 4. The molecular formula is C15H12BrClN4O. The lowest BCUT2D eigenvalue weighted by atomic mass is 10.2. The first kappa shape index (κ1) is 15.0. The van der Waals surface area contributed by atoms with Crippen LogP contribution in [-0.4, -0.2) is 27.3 Å². The molecule has 0 fully saturated rings. The smallest absolute Gasteiger partial charge is 0.206 e. The standard InChI is InChI=1S/C15H12BrClN4O/c1-22-14-7-6-11(16)8-10(14)9-21-19-15(18-20-21)12-4-2-3-5-13(12)17/h2-8H,9H2,1H3. The number of benzene rings is 2. The molecule has 0 aliphatic rings. The third-order valence-corrected chi connectivity index (χ3v) is 3.94. The van der Waals surface area contributed by atoms with Gasteiger partial charge in [0.05, 0.1) is 18.7 Å². The van der Waals surface area contributed by atoms with E-state index in [1.807, 2.05) is 36.4 Å². The van der Waals surface area contributed by atoms with Crippen molar-refractivity contribution < 1.29 is 4.74 Å². The summed E-state index contributed by atoms with van der Waals surface area (Å²) in [5.41, 5.74) is 1.72. The summed E-state index contributed by atoms with van der Waals surface area (Å²) in [6.07, 6.45) is 0. The van der Waals surface area contributed by atoms with E-state index >= 15 is 0 Å². The minimum absolute atomic E-state index is 0.458. The molecule has 7 heteroatoms. The zero-order valence-corrected chi connectivity index (χ0v) is 14.0. The summed E-state index contributed by atoms with van der Waals surface area (Å²) < 4.78 is 6.32. The van der Waals surface area contributed by atoms with Crippen molar-refractivity contribution in [1.82, 2.24) is 20.2 Å². The van der Waals surface area contributed by atoms with E-state index in [0.29, 0.717) is 17.4 Å². The van der Waals surface area contributed by atoms with Gasteiger partial charge in [-0.3, -0.25) is 0 Å². The Morgan fingerprint density at radius 2 is 2.05 bits per heavy atom. The number of aromatic nitrogens is 4. The first-order valence-corrected chi connectivity index (χ1v) is 7.69. The fourth-order valence-electron chi connectivity index (χ4n) is 2.08. The van der Waals surface area contributed by atoms with Crippen molar-refractivity contribution in [3.8, 4) is 17.1 Å². The van der Waals surface area contributed by atoms with E-state index in [1.165, 1.54) is 4.80 Å². The topological polar surface area (TPSA) is 52.8 Å². The van der Waals surface area contributed by atoms with Gasteiger partial charge in [0.1, 0.15) is 5.75 Å². The molecule has 0 spiro atoms. The van der Waals surface area contributed by atoms with Gasteiger partial charge in [0.15, 0.2) is 0 Å². The molecule has 0 amide bonds. The molecule has 0 saturated carbocycles. The third-order valence-electron chi connectivity index (χ3n) is 3.12. The number of hydrogen-bond donors (Lipinski definition) is 0. The minimum Gasteiger partial charge on any atom is -0.496 e. The predicted molar refractivity (Wildman–Crippen MR) is 88.1 cm³/mol. The van der Waals surface area contributed by atoms with Crippen LogP contribution in [0.1, 0.15) is 5.56 Å². The molecule has 0 bridgehead atoms. The molecule has 112 valence electrons. The average molecular weight is 380 g/mol. The second-order valence-electron chi connectivity index (χ2n) is 4.58. The number of tetrazole rings is 1. The maximum Gasteiger partial charge on any atom is 0.206 e. The quantitative estimate of drug-likeness (QED) is 0.691. The molecule has 0 unspecified atom stereocenters. The second-order valence-corrected chi connectivity index (χ2v) is 5.90. The molecular weight excluding hydrogens is 368 g/mol. The highest BCUT2D eigenvalue weighted by Gasteiger charge is 2.11. The van der Waals surface area contributed by atoms with Crippen LogP contribution in [0.3, 0.4) is 0 Å². The molecule has 0 atom stereocenters. The summed E-state index contributed by atoms with van der Waals surface area (Å²) in [4.78, 5) is 1.52. The van der Waals surface area contributed by atoms with Gasteiger partial charge in [-0.1, -0.05) is 39.7 Å². The fraction of sp³-hybridized carbons (Fsp3) is 0.133. The lowest BCUT2D eigenvalue weighted by molar-refractivity contribution is 0.405. The Morgan fingerprint density at radius 3 is 2.82 bits per heavy atom. The van der Waals surface area contributed by atoms with Gasteiger partial charge in [0.25, 0.3) is 0 Å². The lowest BCUT2D eigenvalue weighted by Gasteiger charge is -2.07. The highest BCUT2D eigenvalue weighted by atomic mass is 79.9. The van der Waals surface area contributed by atoms with Gasteiger partial charge in [-0.2, -0.15) is 4.80 Å². The Bertz CT molecular complexity index is 806. The van der Waals surface area contributed by atoms with Crippen LogP contribution < -0.4 is 4.74 Å². The number of methoxy groups -OCH3 is 1. The normalized spacial score (nSPS) is 10.7. The van der Waals surface area contributed by atoms with Gasteiger partial charge in [-0.25, -0.2) is 0 Å². The van der Waals surface area contributed by atoms with E-state index in [0.717, 1.165) is 21.3 Å². The van der Waals surface area contributed by atoms with Crippen LogP contribution in [0.5, 0.6) is 5.75 Å². The van der Waals surface area contributed by atoms with Gasteiger partial charge >= 0.3 is 0 Å². The molecule has 0 radical (unpaired) electrons. The summed E-state index contributed by atoms with van der Waals surface area (Å²) in [6, 6.07) is 13.2. The van der Waals surface area contributed by atoms with Crippen molar-refractivity contribution in [3.05, 3.63) is 57.5 Å². The van der Waals surface area contributed by atoms with Crippen LogP contribution >= 0.6 is 27.5 Å². The van der Waals surface area contributed by atoms with Gasteiger partial charge in [0.2, 0.25) is 5.82 Å². The maximum atomic E-state index is 6.15. The summed E-state index contributed by atoms with van der Waals surface area (Å²) in [5, 5.41) is 13.1. The maximum absolute atomic E-state index is 6.15. The van der Waals surface area contributed by atoms with Crippen LogP contribution in [0.25, 0.3) is 11.4 Å². The number of nitrogens with zero attached hydrogens (tertiary/aromatic N) is 4. The van der Waals surface area contributed by atoms with Crippen molar-refractivity contribution >= 4 is 27.5 Å². The van der Waals surface area contributed by atoms with Crippen molar-refractivity contribution in [1.29, 1.82) is 0 Å². The fourth-order valence-corrected chi connectivity index (χ4v) is 2.71. The van der Waals surface area contributed by atoms with Crippen LogP contribution in [0.2, 0.25) is 5.02 Å². The van der Waals surface area contributed by atoms with Gasteiger partial charge in [0, 0.05) is 15.6 Å². The Hall–Kier alpha value is -1.92. The van der Waals surface area contributed by atoms with E-state index < -0.39 is 0 Å². The molecule has 0 N–H and O–H groups in total. The Labute approximate surface area is 141 Å². The zero-order valence-electron chi connectivity index (χ0n) is 11.7. The summed E-state index contributed by atoms with van der Waals surface area (Å²) >= 11 is 9.61. The largest absolute Gasteiger partial charge is 0.496 e. The Kier molecular flexibility index (Phi) is 4.40. The van der Waals surface area contributed by atoms with E-state index in [1.54, 1.807) is 13.2 Å². The van der Waals surface area contributed by atoms with Crippen LogP contribution in [0.15, 0.2) is 46.9 Å². The zero-order chi connectivity index (χ0) is 15.5. The molecule has 1 heterocycles. The number of rotatable bonds is 4. The SMILES string of the molecule is COc1ccc(Br)cc1Cn1nnc(-c2ccccc2Cl)n1. The molecule has 0 aliphatic heterocycles. The van der Waals surface area contributed by atoms with Crippen molar-refractivity contribution in [3.63, 3.8) is 0 Å². The van der Waals surface area contributed by atoms with Gasteiger partial charge in [-0.05, 0) is 35.5 Å². The third kappa shape index (κ3) is 3.13. The van der Waals surface area contributed by atoms with Gasteiger partial charge < -0.3 is 4.74 Å². The molecule has 3 aromatic rings. The molecule has 2 aromatic carbocycles. The summed E-state index contributed by atoms with van der Waals surface area (Å²) in [5.74, 6) is 1.28. The molecule has 22 heavy (non-hydrogen) atoms. The van der Waals surface area contributed by atoms with E-state index in [4.69, 9.17) is 16.3 Å². The molecule has 3 rings (SSSR count). The Morgan fingerprint density at radius 1 is 1.23 bits per heavy atom. The van der Waals surface area contributed by atoms with Crippen LogP contribution in [0.4, 0.5) is 0 Å². The van der Waals surface area contributed by atoms with Crippen LogP contribution in [0, 0.1) is 0 Å². The summed E-state index contributed by atoms with van der Waals surface area (Å²) in [7, 11) is 1.64. The molecule has 0 aliphatic carbocycles. The minimum atomic E-state index is 0.458. The lowest BCUT2D eigenvalue weighted by Crippen LogP contribution is -2.05. The van der Waals surface area contributed by atoms with Crippen molar-refractivity contribution in [2.24, 2.45) is 0 Å². The van der Waals surface area contributed by atoms with E-state index in [9.17, 15) is 0 Å². The molecule has 5 nitrogen and oxygen atoms in total. The van der Waals surface area contributed by atoms with E-state index in [-0.39, 0.29) is 0 Å². The van der Waals surface area contributed by atoms with Gasteiger partial charge in [-0.15, -0.1) is 10.2 Å². The predicted octanol–water partition coefficient (Wildman–Crippen LogP) is 3.81. The van der Waals surface area contributed by atoms with Crippen LogP contribution in [-0.2, 0) is 6.54 Å². The number of ether oxygens (including phenoxy) is 1. The monoisotopic (exact) mass is 378 g/mol. The van der Waals surface area contributed by atoms with Crippen molar-refractivity contribution in [2.75, 3.05) is 7.11 Å². The number of halogens is 2.